The van der Waals surface area contributed by atoms with Gasteiger partial charge in [-0.25, -0.2) is 0 Å². The lowest BCUT2D eigenvalue weighted by atomic mass is 10.00. The molecule has 0 amide bonds. The van der Waals surface area contributed by atoms with Crippen LogP contribution in [-0.4, -0.2) is 5.16 Å². The maximum absolute atomic E-state index is 5.37. The fourth-order valence-corrected chi connectivity index (χ4v) is 1.73. The Labute approximate surface area is 79.3 Å². The average molecular weight is 179 g/mol. The van der Waals surface area contributed by atoms with E-state index < -0.39 is 0 Å². The van der Waals surface area contributed by atoms with Crippen molar-refractivity contribution in [2.24, 2.45) is 5.92 Å². The maximum Gasteiger partial charge on any atom is 0.143 e. The molecule has 2 heteroatoms. The van der Waals surface area contributed by atoms with E-state index in [1.807, 2.05) is 6.92 Å². The monoisotopic (exact) mass is 179 g/mol. The van der Waals surface area contributed by atoms with Crippen LogP contribution in [0.1, 0.15) is 49.6 Å². The number of aromatic nitrogens is 1. The lowest BCUT2D eigenvalue weighted by molar-refractivity contribution is 0.378. The van der Waals surface area contributed by atoms with Gasteiger partial charge in [0.15, 0.2) is 0 Å². The summed E-state index contributed by atoms with van der Waals surface area (Å²) in [4.78, 5) is 0. The Bertz CT molecular complexity index is 297. The second-order valence-corrected chi connectivity index (χ2v) is 4.48. The Balaban J connectivity index is 2.23. The molecule has 1 fully saturated rings. The zero-order valence-corrected chi connectivity index (χ0v) is 8.63. The summed E-state index contributed by atoms with van der Waals surface area (Å²) in [6, 6.07) is 0. The van der Waals surface area contributed by atoms with Crippen LogP contribution in [0.2, 0.25) is 0 Å². The minimum Gasteiger partial charge on any atom is -0.361 e. The number of hydrogen-bond donors (Lipinski definition) is 0. The van der Waals surface area contributed by atoms with E-state index in [1.165, 1.54) is 24.2 Å². The number of aryl methyl sites for hydroxylation is 1. The van der Waals surface area contributed by atoms with Crippen LogP contribution in [0.3, 0.4) is 0 Å². The molecule has 0 radical (unpaired) electrons. The van der Waals surface area contributed by atoms with Crippen LogP contribution >= 0.6 is 0 Å². The lowest BCUT2D eigenvalue weighted by Crippen LogP contribution is -1.97. The van der Waals surface area contributed by atoms with Gasteiger partial charge >= 0.3 is 0 Å². The smallest absolute Gasteiger partial charge is 0.143 e. The van der Waals surface area contributed by atoms with Crippen molar-refractivity contribution in [2.75, 3.05) is 0 Å². The topological polar surface area (TPSA) is 26.0 Å². The van der Waals surface area contributed by atoms with E-state index >= 15 is 0 Å². The first-order valence-corrected chi connectivity index (χ1v) is 5.13. The fraction of sp³-hybridized carbons (Fsp3) is 0.727. The zero-order chi connectivity index (χ0) is 9.42. The third kappa shape index (κ3) is 1.77. The van der Waals surface area contributed by atoms with Crippen molar-refractivity contribution in [2.45, 2.75) is 46.0 Å². The maximum atomic E-state index is 5.37. The fourth-order valence-electron chi connectivity index (χ4n) is 1.73. The van der Waals surface area contributed by atoms with Crippen molar-refractivity contribution in [3.8, 4) is 0 Å². The molecule has 0 spiro atoms. The molecule has 0 bridgehead atoms. The molecule has 0 unspecified atom stereocenters. The SMILES string of the molecule is Cc1noc(C2CC2)c1CC(C)C. The van der Waals surface area contributed by atoms with E-state index in [2.05, 4.69) is 19.0 Å². The van der Waals surface area contributed by atoms with Gasteiger partial charge in [0, 0.05) is 11.5 Å². The second kappa shape index (κ2) is 3.17. The van der Waals surface area contributed by atoms with Gasteiger partial charge in [-0.3, -0.25) is 0 Å². The van der Waals surface area contributed by atoms with E-state index in [-0.39, 0.29) is 0 Å². The minimum absolute atomic E-state index is 0.690. The van der Waals surface area contributed by atoms with E-state index in [0.29, 0.717) is 11.8 Å². The van der Waals surface area contributed by atoms with E-state index in [0.717, 1.165) is 12.1 Å². The highest BCUT2D eigenvalue weighted by molar-refractivity contribution is 5.27. The summed E-state index contributed by atoms with van der Waals surface area (Å²) >= 11 is 0. The summed E-state index contributed by atoms with van der Waals surface area (Å²) in [7, 11) is 0. The Hall–Kier alpha value is -0.790. The highest BCUT2D eigenvalue weighted by atomic mass is 16.5. The molecule has 72 valence electrons. The summed E-state index contributed by atoms with van der Waals surface area (Å²) < 4.78 is 5.37. The molecule has 13 heavy (non-hydrogen) atoms. The van der Waals surface area contributed by atoms with Crippen LogP contribution in [0.4, 0.5) is 0 Å². The van der Waals surface area contributed by atoms with Gasteiger partial charge in [0.05, 0.1) is 5.69 Å². The summed E-state index contributed by atoms with van der Waals surface area (Å²) in [6.07, 6.45) is 3.70. The van der Waals surface area contributed by atoms with Gasteiger partial charge in [0.25, 0.3) is 0 Å². The van der Waals surface area contributed by atoms with Crippen molar-refractivity contribution < 1.29 is 4.52 Å². The van der Waals surface area contributed by atoms with Gasteiger partial charge in [-0.2, -0.15) is 0 Å². The molecule has 1 aromatic heterocycles. The highest BCUT2D eigenvalue weighted by Gasteiger charge is 2.31. The predicted octanol–water partition coefficient (Wildman–Crippen LogP) is 3.06. The normalized spacial score (nSPS) is 16.9. The molecule has 0 saturated heterocycles. The summed E-state index contributed by atoms with van der Waals surface area (Å²) in [5.74, 6) is 2.55. The second-order valence-electron chi connectivity index (χ2n) is 4.48. The van der Waals surface area contributed by atoms with Gasteiger partial charge in [-0.05, 0) is 32.1 Å². The summed E-state index contributed by atoms with van der Waals surface area (Å²) in [5.41, 5.74) is 2.47. The summed E-state index contributed by atoms with van der Waals surface area (Å²) in [5, 5.41) is 4.06. The first-order valence-electron chi connectivity index (χ1n) is 5.13. The molecule has 0 aliphatic heterocycles. The molecule has 1 aromatic rings. The van der Waals surface area contributed by atoms with Gasteiger partial charge in [-0.1, -0.05) is 19.0 Å². The lowest BCUT2D eigenvalue weighted by Gasteiger charge is -2.03. The predicted molar refractivity (Wildman–Crippen MR) is 51.8 cm³/mol. The van der Waals surface area contributed by atoms with Gasteiger partial charge in [-0.15, -0.1) is 0 Å². The van der Waals surface area contributed by atoms with Crippen molar-refractivity contribution in [1.82, 2.24) is 5.16 Å². The van der Waals surface area contributed by atoms with Crippen molar-refractivity contribution in [3.63, 3.8) is 0 Å². The quantitative estimate of drug-likeness (QED) is 0.712. The Kier molecular flexibility index (Phi) is 2.14. The van der Waals surface area contributed by atoms with Crippen LogP contribution in [0, 0.1) is 12.8 Å². The Morgan fingerprint density at radius 3 is 2.69 bits per heavy atom. The number of hydrogen-bond acceptors (Lipinski definition) is 2. The molecule has 1 saturated carbocycles. The van der Waals surface area contributed by atoms with Crippen molar-refractivity contribution >= 4 is 0 Å². The summed E-state index contributed by atoms with van der Waals surface area (Å²) in [6.45, 7) is 6.53. The Morgan fingerprint density at radius 2 is 2.15 bits per heavy atom. The third-order valence-corrected chi connectivity index (χ3v) is 2.58. The van der Waals surface area contributed by atoms with Crippen LogP contribution in [0.5, 0.6) is 0 Å². The van der Waals surface area contributed by atoms with E-state index in [1.54, 1.807) is 0 Å². The molecular weight excluding hydrogens is 162 g/mol. The minimum atomic E-state index is 0.690. The Morgan fingerprint density at radius 1 is 1.46 bits per heavy atom. The van der Waals surface area contributed by atoms with Crippen LogP contribution in [0.25, 0.3) is 0 Å². The van der Waals surface area contributed by atoms with Crippen LogP contribution in [-0.2, 0) is 6.42 Å². The van der Waals surface area contributed by atoms with E-state index in [4.69, 9.17) is 4.52 Å². The first-order chi connectivity index (χ1) is 6.18. The molecule has 0 N–H and O–H groups in total. The number of rotatable bonds is 3. The molecule has 1 aliphatic rings. The molecular formula is C11H17NO. The van der Waals surface area contributed by atoms with Crippen LogP contribution in [0.15, 0.2) is 4.52 Å². The first kappa shape index (κ1) is 8.79. The third-order valence-electron chi connectivity index (χ3n) is 2.58. The largest absolute Gasteiger partial charge is 0.361 e. The van der Waals surface area contributed by atoms with Gasteiger partial charge in [0.2, 0.25) is 0 Å². The van der Waals surface area contributed by atoms with Gasteiger partial charge in [0.1, 0.15) is 5.76 Å². The standard InChI is InChI=1S/C11H17NO/c1-7(2)6-10-8(3)12-13-11(10)9-4-5-9/h7,9H,4-6H2,1-3H3. The molecule has 1 aliphatic carbocycles. The molecule has 0 atom stereocenters. The van der Waals surface area contributed by atoms with Crippen LogP contribution < -0.4 is 0 Å². The van der Waals surface area contributed by atoms with Crippen molar-refractivity contribution in [3.05, 3.63) is 17.0 Å². The van der Waals surface area contributed by atoms with Gasteiger partial charge < -0.3 is 4.52 Å². The zero-order valence-electron chi connectivity index (χ0n) is 8.63. The molecule has 2 nitrogen and oxygen atoms in total. The average Bonchev–Trinajstić information content (AvgIpc) is 2.81. The number of nitrogens with zero attached hydrogens (tertiary/aromatic N) is 1. The molecule has 0 aromatic carbocycles. The van der Waals surface area contributed by atoms with E-state index in [9.17, 15) is 0 Å². The molecule has 1 heterocycles. The van der Waals surface area contributed by atoms with Crippen molar-refractivity contribution in [1.29, 1.82) is 0 Å². The molecule has 2 rings (SSSR count). The highest BCUT2D eigenvalue weighted by Crippen LogP contribution is 2.42.